The molecule has 1 amide bonds. The number of carbonyl (C=O) groups is 2. The molecule has 0 heterocycles. The number of hydrogen-bond donors (Lipinski definition) is 1. The highest BCUT2D eigenvalue weighted by Crippen LogP contribution is 2.29. The minimum absolute atomic E-state index is 0.0167. The smallest absolute Gasteiger partial charge is 0.308 e. The summed E-state index contributed by atoms with van der Waals surface area (Å²) >= 11 is 0. The molecular formula is C16H20N2O4. The van der Waals surface area contributed by atoms with Crippen LogP contribution in [0.3, 0.4) is 0 Å². The van der Waals surface area contributed by atoms with Gasteiger partial charge in [0.05, 0.1) is 18.6 Å². The third-order valence-corrected chi connectivity index (χ3v) is 4.18. The van der Waals surface area contributed by atoms with Crippen molar-refractivity contribution in [1.82, 2.24) is 5.32 Å². The minimum Gasteiger partial charge on any atom is -0.469 e. The number of benzene rings is 1. The highest BCUT2D eigenvalue weighted by molar-refractivity contribution is 5.98. The number of hydrogen-bond acceptors (Lipinski definition) is 5. The van der Waals surface area contributed by atoms with Crippen molar-refractivity contribution in [2.24, 2.45) is 17.0 Å². The lowest BCUT2D eigenvalue weighted by atomic mass is 9.82. The molecule has 0 bridgehead atoms. The van der Waals surface area contributed by atoms with Crippen LogP contribution in [0.2, 0.25) is 0 Å². The molecule has 0 aromatic heterocycles. The fourth-order valence-electron chi connectivity index (χ4n) is 2.85. The number of nitroso groups, excluding NO2 is 1. The first-order chi connectivity index (χ1) is 10.7. The Morgan fingerprint density at radius 1 is 1.23 bits per heavy atom. The van der Waals surface area contributed by atoms with E-state index in [1.165, 1.54) is 13.2 Å². The van der Waals surface area contributed by atoms with Crippen LogP contribution in [0.4, 0.5) is 5.69 Å². The fourth-order valence-corrected chi connectivity index (χ4v) is 2.85. The highest BCUT2D eigenvalue weighted by atomic mass is 16.5. The van der Waals surface area contributed by atoms with Crippen molar-refractivity contribution in [3.63, 3.8) is 0 Å². The van der Waals surface area contributed by atoms with Gasteiger partial charge in [0.2, 0.25) is 0 Å². The van der Waals surface area contributed by atoms with E-state index in [2.05, 4.69) is 10.5 Å². The fraction of sp³-hybridized carbons (Fsp3) is 0.500. The molecular weight excluding hydrogens is 284 g/mol. The summed E-state index contributed by atoms with van der Waals surface area (Å²) < 4.78 is 4.76. The summed E-state index contributed by atoms with van der Waals surface area (Å²) in [6, 6.07) is 6.47. The summed E-state index contributed by atoms with van der Waals surface area (Å²) in [5.74, 6) is -0.100. The third kappa shape index (κ3) is 3.90. The Bertz CT molecular complexity index is 551. The predicted octanol–water partition coefficient (Wildman–Crippen LogP) is 2.79. The molecule has 6 heteroatoms. The Kier molecular flexibility index (Phi) is 5.63. The first-order valence-electron chi connectivity index (χ1n) is 7.44. The highest BCUT2D eigenvalue weighted by Gasteiger charge is 2.27. The summed E-state index contributed by atoms with van der Waals surface area (Å²) in [6.07, 6.45) is 3.35. The molecule has 1 N–H and O–H groups in total. The van der Waals surface area contributed by atoms with Crippen molar-refractivity contribution in [3.05, 3.63) is 34.7 Å². The monoisotopic (exact) mass is 304 g/mol. The van der Waals surface area contributed by atoms with Gasteiger partial charge in [-0.3, -0.25) is 9.59 Å². The molecule has 0 atom stereocenters. The predicted molar refractivity (Wildman–Crippen MR) is 81.7 cm³/mol. The van der Waals surface area contributed by atoms with E-state index in [0.29, 0.717) is 18.0 Å². The van der Waals surface area contributed by atoms with Crippen LogP contribution in [0.5, 0.6) is 0 Å². The maximum atomic E-state index is 12.1. The summed E-state index contributed by atoms with van der Waals surface area (Å²) in [4.78, 5) is 34.3. The van der Waals surface area contributed by atoms with Gasteiger partial charge in [0.1, 0.15) is 5.69 Å². The topological polar surface area (TPSA) is 84.8 Å². The van der Waals surface area contributed by atoms with Crippen molar-refractivity contribution in [2.75, 3.05) is 13.7 Å². The second kappa shape index (κ2) is 7.68. The lowest BCUT2D eigenvalue weighted by Crippen LogP contribution is -2.32. The molecule has 0 saturated heterocycles. The molecule has 1 saturated carbocycles. The number of methoxy groups -OCH3 is 1. The van der Waals surface area contributed by atoms with E-state index < -0.39 is 0 Å². The van der Waals surface area contributed by atoms with Gasteiger partial charge in [-0.05, 0) is 48.9 Å². The van der Waals surface area contributed by atoms with Gasteiger partial charge in [-0.1, -0.05) is 12.1 Å². The molecule has 1 fully saturated rings. The Hall–Kier alpha value is -2.24. The Labute approximate surface area is 129 Å². The summed E-state index contributed by atoms with van der Waals surface area (Å²) in [7, 11) is 1.41. The average Bonchev–Trinajstić information content (AvgIpc) is 2.59. The van der Waals surface area contributed by atoms with Crippen LogP contribution in [-0.4, -0.2) is 25.5 Å². The maximum Gasteiger partial charge on any atom is 0.308 e. The number of nitrogens with one attached hydrogen (secondary N) is 1. The quantitative estimate of drug-likeness (QED) is 0.669. The Morgan fingerprint density at radius 3 is 2.55 bits per heavy atom. The zero-order chi connectivity index (χ0) is 15.9. The zero-order valence-corrected chi connectivity index (χ0v) is 12.6. The number of ether oxygens (including phenoxy) is 1. The van der Waals surface area contributed by atoms with Crippen LogP contribution in [0.15, 0.2) is 29.4 Å². The van der Waals surface area contributed by atoms with Gasteiger partial charge in [-0.15, -0.1) is 4.91 Å². The van der Waals surface area contributed by atoms with Crippen molar-refractivity contribution < 1.29 is 14.3 Å². The first kappa shape index (κ1) is 16.1. The van der Waals surface area contributed by atoms with E-state index in [-0.39, 0.29) is 23.5 Å². The van der Waals surface area contributed by atoms with E-state index in [1.807, 2.05) is 0 Å². The van der Waals surface area contributed by atoms with Crippen molar-refractivity contribution >= 4 is 17.6 Å². The first-order valence-corrected chi connectivity index (χ1v) is 7.44. The standard InChI is InChI=1S/C16H20N2O4/c1-22-16(20)12-8-6-11(7-9-12)10-17-15(19)13-4-2-3-5-14(13)18-21/h2-5,11-12H,6-10H2,1H3,(H,17,19). The molecule has 6 nitrogen and oxygen atoms in total. The molecule has 1 aliphatic carbocycles. The number of esters is 1. The second-order valence-corrected chi connectivity index (χ2v) is 5.56. The van der Waals surface area contributed by atoms with Gasteiger partial charge < -0.3 is 10.1 Å². The van der Waals surface area contributed by atoms with Crippen LogP contribution in [-0.2, 0) is 9.53 Å². The van der Waals surface area contributed by atoms with Crippen molar-refractivity contribution in [3.8, 4) is 0 Å². The van der Waals surface area contributed by atoms with Crippen molar-refractivity contribution in [2.45, 2.75) is 25.7 Å². The number of nitrogens with zero attached hydrogens (tertiary/aromatic N) is 1. The SMILES string of the molecule is COC(=O)C1CCC(CNC(=O)c2ccccc2N=O)CC1. The molecule has 1 aliphatic rings. The van der Waals surface area contributed by atoms with Gasteiger partial charge >= 0.3 is 5.97 Å². The molecule has 0 aliphatic heterocycles. The molecule has 0 radical (unpaired) electrons. The Morgan fingerprint density at radius 2 is 1.91 bits per heavy atom. The van der Waals surface area contributed by atoms with E-state index in [4.69, 9.17) is 4.74 Å². The Balaban J connectivity index is 1.83. The maximum absolute atomic E-state index is 12.1. The number of amides is 1. The van der Waals surface area contributed by atoms with Gasteiger partial charge in [0.25, 0.3) is 5.91 Å². The normalized spacial score (nSPS) is 21.0. The lowest BCUT2D eigenvalue weighted by Gasteiger charge is -2.27. The lowest BCUT2D eigenvalue weighted by molar-refractivity contribution is -0.146. The van der Waals surface area contributed by atoms with Crippen LogP contribution in [0.25, 0.3) is 0 Å². The van der Waals surface area contributed by atoms with Crippen LogP contribution < -0.4 is 5.32 Å². The van der Waals surface area contributed by atoms with Crippen LogP contribution in [0, 0.1) is 16.7 Å². The number of rotatable bonds is 5. The van der Waals surface area contributed by atoms with E-state index >= 15 is 0 Å². The third-order valence-electron chi connectivity index (χ3n) is 4.18. The summed E-state index contributed by atoms with van der Waals surface area (Å²) in [5.41, 5.74) is 0.440. The van der Waals surface area contributed by atoms with Gasteiger partial charge in [0, 0.05) is 6.54 Å². The number of carbonyl (C=O) groups excluding carboxylic acids is 2. The molecule has 1 aromatic rings. The largest absolute Gasteiger partial charge is 0.469 e. The molecule has 0 unspecified atom stereocenters. The van der Waals surface area contributed by atoms with E-state index in [9.17, 15) is 14.5 Å². The van der Waals surface area contributed by atoms with Crippen LogP contribution in [0.1, 0.15) is 36.0 Å². The van der Waals surface area contributed by atoms with Gasteiger partial charge in [-0.25, -0.2) is 0 Å². The molecule has 22 heavy (non-hydrogen) atoms. The molecule has 0 spiro atoms. The van der Waals surface area contributed by atoms with Gasteiger partial charge in [-0.2, -0.15) is 0 Å². The minimum atomic E-state index is -0.287. The van der Waals surface area contributed by atoms with Crippen LogP contribution >= 0.6 is 0 Å². The second-order valence-electron chi connectivity index (χ2n) is 5.56. The van der Waals surface area contributed by atoms with E-state index in [0.717, 1.165) is 25.7 Å². The van der Waals surface area contributed by atoms with Crippen molar-refractivity contribution in [1.29, 1.82) is 0 Å². The summed E-state index contributed by atoms with van der Waals surface area (Å²) in [5, 5.41) is 5.71. The molecule has 1 aromatic carbocycles. The van der Waals surface area contributed by atoms with Gasteiger partial charge in [0.15, 0.2) is 0 Å². The average molecular weight is 304 g/mol. The molecule has 118 valence electrons. The zero-order valence-electron chi connectivity index (χ0n) is 12.6. The summed E-state index contributed by atoms with van der Waals surface area (Å²) in [6.45, 7) is 0.542. The molecule has 2 rings (SSSR count). The van der Waals surface area contributed by atoms with E-state index in [1.54, 1.807) is 18.2 Å².